The Kier molecular flexibility index (Phi) is 7.98. The largest absolute Gasteiger partial charge is 0.418 e. The number of Topliss-reactive ketones (excluding diaryl/α,β-unsaturated/α-hetero) is 2. The number of hydrogen-bond donors (Lipinski definition) is 0. The zero-order chi connectivity index (χ0) is 18.9. The highest BCUT2D eigenvalue weighted by molar-refractivity contribution is 5.95. The van der Waals surface area contributed by atoms with Crippen LogP contribution in [0, 0.1) is 0 Å². The van der Waals surface area contributed by atoms with Gasteiger partial charge < -0.3 is 9.47 Å². The Labute approximate surface area is 147 Å². The van der Waals surface area contributed by atoms with Crippen molar-refractivity contribution in [2.75, 3.05) is 0 Å². The lowest BCUT2D eigenvalue weighted by molar-refractivity contribution is -0.237. The molecular formula is C19H24O6. The number of benzene rings is 1. The summed E-state index contributed by atoms with van der Waals surface area (Å²) >= 11 is 0. The first-order chi connectivity index (χ1) is 11.8. The molecule has 6 nitrogen and oxygen atoms in total. The van der Waals surface area contributed by atoms with Crippen LogP contribution in [0.2, 0.25) is 0 Å². The van der Waals surface area contributed by atoms with Gasteiger partial charge in [-0.1, -0.05) is 43.7 Å². The average Bonchev–Trinajstić information content (AvgIpc) is 2.51. The number of ketones is 2. The van der Waals surface area contributed by atoms with Crippen molar-refractivity contribution in [2.45, 2.75) is 58.7 Å². The minimum Gasteiger partial charge on any atom is -0.418 e. The van der Waals surface area contributed by atoms with Crippen molar-refractivity contribution in [1.29, 1.82) is 0 Å². The summed E-state index contributed by atoms with van der Waals surface area (Å²) in [5.41, 5.74) is 0.484. The van der Waals surface area contributed by atoms with Gasteiger partial charge in [0.25, 0.3) is 5.79 Å². The molecule has 1 rings (SSSR count). The van der Waals surface area contributed by atoms with Crippen LogP contribution in [0.15, 0.2) is 30.3 Å². The van der Waals surface area contributed by atoms with E-state index in [-0.39, 0.29) is 18.0 Å². The number of carbonyl (C=O) groups excluding carboxylic acids is 4. The molecule has 0 heterocycles. The van der Waals surface area contributed by atoms with Crippen LogP contribution >= 0.6 is 0 Å². The molecule has 0 radical (unpaired) electrons. The summed E-state index contributed by atoms with van der Waals surface area (Å²) in [5, 5.41) is 0. The quantitative estimate of drug-likeness (QED) is 0.367. The molecule has 0 aromatic heterocycles. The van der Waals surface area contributed by atoms with E-state index in [1.807, 2.05) is 6.92 Å². The lowest BCUT2D eigenvalue weighted by atomic mass is 9.99. The Morgan fingerprint density at radius 2 is 1.36 bits per heavy atom. The molecule has 0 spiro atoms. The van der Waals surface area contributed by atoms with Crippen LogP contribution in [0.1, 0.15) is 58.4 Å². The fourth-order valence-corrected chi connectivity index (χ4v) is 2.33. The van der Waals surface area contributed by atoms with E-state index in [2.05, 4.69) is 0 Å². The van der Waals surface area contributed by atoms with E-state index < -0.39 is 30.6 Å². The summed E-state index contributed by atoms with van der Waals surface area (Å²) in [4.78, 5) is 46.6. The fraction of sp³-hybridized carbons (Fsp3) is 0.474. The zero-order valence-electron chi connectivity index (χ0n) is 14.9. The second-order valence-electron chi connectivity index (χ2n) is 5.93. The van der Waals surface area contributed by atoms with Crippen LogP contribution < -0.4 is 0 Å². The number of rotatable bonds is 10. The van der Waals surface area contributed by atoms with Gasteiger partial charge in [-0.05, 0) is 20.3 Å². The summed E-state index contributed by atoms with van der Waals surface area (Å²) in [5.74, 6) is -3.89. The summed E-state index contributed by atoms with van der Waals surface area (Å²) in [6, 6.07) is 8.60. The van der Waals surface area contributed by atoms with E-state index in [4.69, 9.17) is 9.47 Å². The first-order valence-electron chi connectivity index (χ1n) is 8.27. The molecule has 0 amide bonds. The van der Waals surface area contributed by atoms with Crippen molar-refractivity contribution in [3.8, 4) is 0 Å². The molecule has 0 aliphatic carbocycles. The molecule has 0 saturated heterocycles. The Morgan fingerprint density at radius 1 is 0.880 bits per heavy atom. The van der Waals surface area contributed by atoms with Gasteiger partial charge in [0.1, 0.15) is 24.4 Å². The van der Waals surface area contributed by atoms with Crippen molar-refractivity contribution in [3.05, 3.63) is 35.9 Å². The standard InChI is InChI=1S/C19H24O6/c1-4-5-11-19(16-9-7-6-8-10-16,24-17(22)12-14(2)20)25-18(23)13-15(3)21/h6-10H,4-5,11-13H2,1-3H3. The van der Waals surface area contributed by atoms with Crippen molar-refractivity contribution in [1.82, 2.24) is 0 Å². The van der Waals surface area contributed by atoms with E-state index in [1.165, 1.54) is 13.8 Å². The predicted octanol–water partition coefficient (Wildman–Crippen LogP) is 3.07. The van der Waals surface area contributed by atoms with E-state index in [9.17, 15) is 19.2 Å². The Balaban J connectivity index is 3.21. The molecule has 1 aromatic rings. The molecular weight excluding hydrogens is 324 g/mol. The van der Waals surface area contributed by atoms with E-state index in [1.54, 1.807) is 30.3 Å². The van der Waals surface area contributed by atoms with Gasteiger partial charge in [-0.15, -0.1) is 0 Å². The molecule has 0 bridgehead atoms. The summed E-state index contributed by atoms with van der Waals surface area (Å²) in [7, 11) is 0. The third-order valence-electron chi connectivity index (χ3n) is 3.42. The smallest absolute Gasteiger partial charge is 0.316 e. The van der Waals surface area contributed by atoms with Crippen LogP contribution in [0.4, 0.5) is 0 Å². The van der Waals surface area contributed by atoms with E-state index >= 15 is 0 Å². The predicted molar refractivity (Wildman–Crippen MR) is 90.4 cm³/mol. The SMILES string of the molecule is CCCCC(OC(=O)CC(C)=O)(OC(=O)CC(C)=O)c1ccccc1. The highest BCUT2D eigenvalue weighted by Gasteiger charge is 2.40. The van der Waals surface area contributed by atoms with Gasteiger partial charge in [-0.25, -0.2) is 0 Å². The van der Waals surface area contributed by atoms with Gasteiger partial charge in [0, 0.05) is 12.0 Å². The minimum absolute atomic E-state index is 0.237. The normalized spacial score (nSPS) is 10.8. The highest BCUT2D eigenvalue weighted by Crippen LogP contribution is 2.34. The number of unbranched alkanes of at least 4 members (excludes halogenated alkanes) is 1. The van der Waals surface area contributed by atoms with Crippen molar-refractivity contribution >= 4 is 23.5 Å². The lowest BCUT2D eigenvalue weighted by Crippen LogP contribution is -2.38. The van der Waals surface area contributed by atoms with Crippen molar-refractivity contribution in [3.63, 3.8) is 0 Å². The Hall–Kier alpha value is -2.50. The van der Waals surface area contributed by atoms with E-state index in [0.717, 1.165) is 6.42 Å². The van der Waals surface area contributed by atoms with Crippen LogP contribution in [0.5, 0.6) is 0 Å². The number of hydrogen-bond acceptors (Lipinski definition) is 6. The molecule has 0 N–H and O–H groups in total. The van der Waals surface area contributed by atoms with Crippen LogP contribution in [0.3, 0.4) is 0 Å². The average molecular weight is 348 g/mol. The second-order valence-corrected chi connectivity index (χ2v) is 5.93. The first-order valence-corrected chi connectivity index (χ1v) is 8.27. The molecule has 0 aliphatic heterocycles. The summed E-state index contributed by atoms with van der Waals surface area (Å²) in [6.45, 7) is 4.50. The Morgan fingerprint density at radius 3 is 1.76 bits per heavy atom. The first kappa shape index (κ1) is 20.5. The molecule has 0 atom stereocenters. The maximum atomic E-state index is 12.1. The van der Waals surface area contributed by atoms with Crippen LogP contribution in [-0.4, -0.2) is 23.5 Å². The van der Waals surface area contributed by atoms with Gasteiger partial charge in [0.05, 0.1) is 0 Å². The van der Waals surface area contributed by atoms with Crippen molar-refractivity contribution in [2.24, 2.45) is 0 Å². The van der Waals surface area contributed by atoms with E-state index in [0.29, 0.717) is 12.0 Å². The number of esters is 2. The molecule has 0 unspecified atom stereocenters. The van der Waals surface area contributed by atoms with Gasteiger partial charge in [0.15, 0.2) is 0 Å². The van der Waals surface area contributed by atoms with Gasteiger partial charge in [-0.3, -0.25) is 19.2 Å². The maximum absolute atomic E-state index is 12.1. The highest BCUT2D eigenvalue weighted by atomic mass is 16.7. The topological polar surface area (TPSA) is 86.7 Å². The molecule has 0 fully saturated rings. The van der Waals surface area contributed by atoms with Crippen LogP contribution in [0.25, 0.3) is 0 Å². The minimum atomic E-state index is -1.64. The molecule has 1 aromatic carbocycles. The monoisotopic (exact) mass is 348 g/mol. The molecule has 25 heavy (non-hydrogen) atoms. The van der Waals surface area contributed by atoms with Crippen molar-refractivity contribution < 1.29 is 28.7 Å². The third-order valence-corrected chi connectivity index (χ3v) is 3.42. The molecule has 136 valence electrons. The summed E-state index contributed by atoms with van der Waals surface area (Å²) < 4.78 is 11.0. The van der Waals surface area contributed by atoms with Gasteiger partial charge in [0.2, 0.25) is 0 Å². The summed E-state index contributed by atoms with van der Waals surface area (Å²) in [6.07, 6.45) is 0.815. The maximum Gasteiger partial charge on any atom is 0.316 e. The molecule has 0 aliphatic rings. The fourth-order valence-electron chi connectivity index (χ4n) is 2.33. The Bertz CT molecular complexity index is 590. The van der Waals surface area contributed by atoms with Gasteiger partial charge >= 0.3 is 11.9 Å². The third kappa shape index (κ3) is 6.87. The molecule has 0 saturated carbocycles. The van der Waals surface area contributed by atoms with Gasteiger partial charge in [-0.2, -0.15) is 0 Å². The number of carbonyl (C=O) groups is 4. The lowest BCUT2D eigenvalue weighted by Gasteiger charge is -2.33. The zero-order valence-corrected chi connectivity index (χ0v) is 14.9. The molecule has 6 heteroatoms. The van der Waals surface area contributed by atoms with Crippen LogP contribution in [-0.2, 0) is 34.4 Å². The second kappa shape index (κ2) is 9.71. The number of ether oxygens (including phenoxy) is 2.